The lowest BCUT2D eigenvalue weighted by atomic mass is 10.0. The molecule has 1 unspecified atom stereocenters. The number of phenolic OH excluding ortho intramolecular Hbond substituents is 1. The molecule has 1 atom stereocenters. The van der Waals surface area contributed by atoms with Gasteiger partial charge in [0, 0.05) is 20.0 Å². The largest absolute Gasteiger partial charge is 0.504 e. The smallest absolute Gasteiger partial charge is 0.160 e. The summed E-state index contributed by atoms with van der Waals surface area (Å²) in [7, 11) is 3.14. The normalized spacial score (nSPS) is 12.2. The molecule has 0 heterocycles. The van der Waals surface area contributed by atoms with Crippen LogP contribution in [-0.4, -0.2) is 31.2 Å². The number of hydrogen-bond acceptors (Lipinski definition) is 4. The minimum Gasteiger partial charge on any atom is -0.504 e. The predicted octanol–water partition coefficient (Wildman–Crippen LogP) is 2.72. The van der Waals surface area contributed by atoms with Crippen LogP contribution in [0.3, 0.4) is 0 Å². The maximum absolute atomic E-state index is 11.8. The van der Waals surface area contributed by atoms with E-state index in [1.54, 1.807) is 25.3 Å². The highest BCUT2D eigenvalue weighted by molar-refractivity contribution is 5.79. The number of aromatic hydroxyl groups is 1. The molecule has 0 radical (unpaired) electrons. The van der Waals surface area contributed by atoms with Crippen molar-refractivity contribution in [3.05, 3.63) is 23.8 Å². The Morgan fingerprint density at radius 3 is 2.68 bits per heavy atom. The van der Waals surface area contributed by atoms with E-state index in [-0.39, 0.29) is 17.6 Å². The molecule has 4 heteroatoms. The highest BCUT2D eigenvalue weighted by Gasteiger charge is 2.11. The molecule has 0 fully saturated rings. The fraction of sp³-hybridized carbons (Fsp3) is 0.533. The van der Waals surface area contributed by atoms with E-state index in [1.807, 2.05) is 6.92 Å². The van der Waals surface area contributed by atoms with Crippen molar-refractivity contribution in [3.63, 3.8) is 0 Å². The Morgan fingerprint density at radius 2 is 2.11 bits per heavy atom. The molecule has 0 spiro atoms. The van der Waals surface area contributed by atoms with Crippen molar-refractivity contribution in [2.75, 3.05) is 14.2 Å². The van der Waals surface area contributed by atoms with E-state index in [4.69, 9.17) is 9.47 Å². The molecule has 0 aliphatic rings. The van der Waals surface area contributed by atoms with E-state index < -0.39 is 0 Å². The molecular weight excluding hydrogens is 244 g/mol. The van der Waals surface area contributed by atoms with Gasteiger partial charge in [0.05, 0.1) is 13.2 Å². The maximum atomic E-state index is 11.8. The van der Waals surface area contributed by atoms with Gasteiger partial charge in [-0.15, -0.1) is 0 Å². The first-order valence-electron chi connectivity index (χ1n) is 6.51. The Hall–Kier alpha value is -1.55. The quantitative estimate of drug-likeness (QED) is 0.786. The van der Waals surface area contributed by atoms with E-state index in [0.29, 0.717) is 25.0 Å². The molecular formula is C15H22O4. The number of ether oxygens (including phenoxy) is 2. The Morgan fingerprint density at radius 1 is 1.37 bits per heavy atom. The van der Waals surface area contributed by atoms with Gasteiger partial charge in [-0.2, -0.15) is 0 Å². The SMILES string of the molecule is CCC(CC(=O)CCc1ccc(O)c(OC)c1)OC. The van der Waals surface area contributed by atoms with Crippen molar-refractivity contribution in [1.29, 1.82) is 0 Å². The van der Waals surface area contributed by atoms with Gasteiger partial charge in [0.25, 0.3) is 0 Å². The molecule has 0 aromatic heterocycles. The molecule has 1 N–H and O–H groups in total. The summed E-state index contributed by atoms with van der Waals surface area (Å²) in [6.07, 6.45) is 2.45. The van der Waals surface area contributed by atoms with Crippen LogP contribution in [0.1, 0.15) is 31.7 Å². The maximum Gasteiger partial charge on any atom is 0.160 e. The lowest BCUT2D eigenvalue weighted by Gasteiger charge is -2.11. The first-order valence-corrected chi connectivity index (χ1v) is 6.51. The first kappa shape index (κ1) is 15.5. The van der Waals surface area contributed by atoms with Crippen LogP contribution >= 0.6 is 0 Å². The van der Waals surface area contributed by atoms with Gasteiger partial charge in [-0.05, 0) is 30.5 Å². The van der Waals surface area contributed by atoms with Crippen LogP contribution in [0.15, 0.2) is 18.2 Å². The fourth-order valence-corrected chi connectivity index (χ4v) is 1.91. The molecule has 0 bridgehead atoms. The minimum absolute atomic E-state index is 0.0156. The minimum atomic E-state index is 0.0156. The number of carbonyl (C=O) groups excluding carboxylic acids is 1. The van der Waals surface area contributed by atoms with E-state index >= 15 is 0 Å². The second kappa shape index (κ2) is 7.79. The number of carbonyl (C=O) groups is 1. The zero-order valence-electron chi connectivity index (χ0n) is 11.8. The average Bonchev–Trinajstić information content (AvgIpc) is 2.43. The molecule has 4 nitrogen and oxygen atoms in total. The van der Waals surface area contributed by atoms with Crippen LogP contribution in [0.4, 0.5) is 0 Å². The molecule has 0 aliphatic carbocycles. The zero-order valence-corrected chi connectivity index (χ0v) is 11.8. The third-order valence-corrected chi connectivity index (χ3v) is 3.18. The van der Waals surface area contributed by atoms with Crippen LogP contribution in [0, 0.1) is 0 Å². The van der Waals surface area contributed by atoms with Crippen molar-refractivity contribution >= 4 is 5.78 Å². The van der Waals surface area contributed by atoms with Crippen LogP contribution < -0.4 is 4.74 Å². The number of benzene rings is 1. The van der Waals surface area contributed by atoms with Gasteiger partial charge >= 0.3 is 0 Å². The molecule has 1 aromatic rings. The van der Waals surface area contributed by atoms with Crippen molar-refractivity contribution in [2.24, 2.45) is 0 Å². The summed E-state index contributed by atoms with van der Waals surface area (Å²) in [5.74, 6) is 0.747. The Balaban J connectivity index is 2.50. The number of rotatable bonds is 8. The van der Waals surface area contributed by atoms with Gasteiger partial charge in [-0.25, -0.2) is 0 Å². The van der Waals surface area contributed by atoms with E-state index in [9.17, 15) is 9.90 Å². The Kier molecular flexibility index (Phi) is 6.36. The van der Waals surface area contributed by atoms with Crippen LogP contribution in [-0.2, 0) is 16.0 Å². The van der Waals surface area contributed by atoms with Gasteiger partial charge in [0.1, 0.15) is 5.78 Å². The number of phenols is 1. The monoisotopic (exact) mass is 266 g/mol. The first-order chi connectivity index (χ1) is 9.10. The van der Waals surface area contributed by atoms with Crippen molar-refractivity contribution in [1.82, 2.24) is 0 Å². The lowest BCUT2D eigenvalue weighted by Crippen LogP contribution is -2.15. The summed E-state index contributed by atoms with van der Waals surface area (Å²) in [5.41, 5.74) is 0.980. The van der Waals surface area contributed by atoms with E-state index in [0.717, 1.165) is 12.0 Å². The fourth-order valence-electron chi connectivity index (χ4n) is 1.91. The Bertz CT molecular complexity index is 411. The highest BCUT2D eigenvalue weighted by atomic mass is 16.5. The molecule has 0 saturated heterocycles. The summed E-state index contributed by atoms with van der Waals surface area (Å²) >= 11 is 0. The van der Waals surface area contributed by atoms with Gasteiger partial charge in [0.2, 0.25) is 0 Å². The third kappa shape index (κ3) is 4.91. The Labute approximate surface area is 114 Å². The molecule has 0 saturated carbocycles. The third-order valence-electron chi connectivity index (χ3n) is 3.18. The number of hydrogen-bond donors (Lipinski definition) is 1. The van der Waals surface area contributed by atoms with Crippen molar-refractivity contribution in [3.8, 4) is 11.5 Å². The number of Topliss-reactive ketones (excluding diaryl/α,β-unsaturated/α-hetero) is 1. The lowest BCUT2D eigenvalue weighted by molar-refractivity contribution is -0.121. The topological polar surface area (TPSA) is 55.8 Å². The summed E-state index contributed by atoms with van der Waals surface area (Å²) in [6, 6.07) is 5.15. The molecule has 106 valence electrons. The van der Waals surface area contributed by atoms with Crippen LogP contribution in [0.5, 0.6) is 11.5 Å². The molecule has 1 aromatic carbocycles. The van der Waals surface area contributed by atoms with Gasteiger partial charge in [-0.1, -0.05) is 13.0 Å². The summed E-state index contributed by atoms with van der Waals surface area (Å²) in [4.78, 5) is 11.8. The second-order valence-corrected chi connectivity index (χ2v) is 4.51. The molecule has 19 heavy (non-hydrogen) atoms. The average molecular weight is 266 g/mol. The van der Waals surface area contributed by atoms with E-state index in [1.165, 1.54) is 7.11 Å². The second-order valence-electron chi connectivity index (χ2n) is 4.51. The molecule has 0 aliphatic heterocycles. The summed E-state index contributed by atoms with van der Waals surface area (Å²) in [6.45, 7) is 2.01. The van der Waals surface area contributed by atoms with Crippen molar-refractivity contribution < 1.29 is 19.4 Å². The van der Waals surface area contributed by atoms with Gasteiger partial charge in [0.15, 0.2) is 11.5 Å². The molecule has 1 rings (SSSR count). The van der Waals surface area contributed by atoms with Gasteiger partial charge in [-0.3, -0.25) is 4.79 Å². The zero-order chi connectivity index (χ0) is 14.3. The standard InChI is InChI=1S/C15H22O4/c1-4-13(18-2)10-12(16)7-5-11-6-8-14(17)15(9-11)19-3/h6,8-9,13,17H,4-5,7,10H2,1-3H3. The molecule has 0 amide bonds. The van der Waals surface area contributed by atoms with Crippen molar-refractivity contribution in [2.45, 2.75) is 38.7 Å². The highest BCUT2D eigenvalue weighted by Crippen LogP contribution is 2.26. The summed E-state index contributed by atoms with van der Waals surface area (Å²) in [5, 5.41) is 9.49. The summed E-state index contributed by atoms with van der Waals surface area (Å²) < 4.78 is 10.2. The predicted molar refractivity (Wildman–Crippen MR) is 73.7 cm³/mol. The van der Waals surface area contributed by atoms with Crippen LogP contribution in [0.2, 0.25) is 0 Å². The number of ketones is 1. The number of methoxy groups -OCH3 is 2. The number of aryl methyl sites for hydroxylation is 1. The van der Waals surface area contributed by atoms with Crippen LogP contribution in [0.25, 0.3) is 0 Å². The van der Waals surface area contributed by atoms with Gasteiger partial charge < -0.3 is 14.6 Å². The van der Waals surface area contributed by atoms with E-state index in [2.05, 4.69) is 0 Å².